The Hall–Kier alpha value is -1.65. The maximum Gasteiger partial charge on any atom is 0.126 e. The van der Waals surface area contributed by atoms with E-state index in [2.05, 4.69) is 10.4 Å². The Bertz CT molecular complexity index is 372. The zero-order valence-electron chi connectivity index (χ0n) is 7.55. The van der Waals surface area contributed by atoms with Gasteiger partial charge in [0.2, 0.25) is 0 Å². The number of furan rings is 1. The molecule has 0 bridgehead atoms. The van der Waals surface area contributed by atoms with E-state index in [1.165, 1.54) is 0 Å². The summed E-state index contributed by atoms with van der Waals surface area (Å²) < 4.78 is 5.27. The molecule has 4 nitrogen and oxygen atoms in total. The van der Waals surface area contributed by atoms with Crippen LogP contribution in [0.5, 0.6) is 0 Å². The van der Waals surface area contributed by atoms with Gasteiger partial charge in [-0.05, 0) is 23.8 Å². The summed E-state index contributed by atoms with van der Waals surface area (Å²) in [5.74, 6) is 6.24. The molecule has 2 aromatic rings. The predicted molar refractivity (Wildman–Crippen MR) is 52.1 cm³/mol. The fourth-order valence-electron chi connectivity index (χ4n) is 1.34. The number of hydrazine groups is 1. The van der Waals surface area contributed by atoms with E-state index in [4.69, 9.17) is 10.3 Å². The first-order valence-corrected chi connectivity index (χ1v) is 4.31. The summed E-state index contributed by atoms with van der Waals surface area (Å²) in [6, 6.07) is 7.37. The smallest absolute Gasteiger partial charge is 0.126 e. The van der Waals surface area contributed by atoms with E-state index in [1.54, 1.807) is 18.7 Å². The Morgan fingerprint density at radius 2 is 2.29 bits per heavy atom. The Morgan fingerprint density at radius 1 is 1.36 bits per heavy atom. The van der Waals surface area contributed by atoms with Crippen molar-refractivity contribution in [2.24, 2.45) is 5.84 Å². The van der Waals surface area contributed by atoms with Crippen LogP contribution in [0, 0.1) is 0 Å². The fraction of sp³-hybridized carbons (Fsp3) is 0.100. The topological polar surface area (TPSA) is 64.1 Å². The minimum Gasteiger partial charge on any atom is -0.467 e. The van der Waals surface area contributed by atoms with E-state index < -0.39 is 0 Å². The van der Waals surface area contributed by atoms with Gasteiger partial charge in [0.1, 0.15) is 11.8 Å². The summed E-state index contributed by atoms with van der Waals surface area (Å²) in [6.07, 6.45) is 5.10. The van der Waals surface area contributed by atoms with Gasteiger partial charge >= 0.3 is 0 Å². The van der Waals surface area contributed by atoms with Gasteiger partial charge in [0.05, 0.1) is 6.26 Å². The van der Waals surface area contributed by atoms with Crippen molar-refractivity contribution in [1.29, 1.82) is 0 Å². The quantitative estimate of drug-likeness (QED) is 0.563. The number of nitrogens with zero attached hydrogens (tertiary/aromatic N) is 1. The van der Waals surface area contributed by atoms with Crippen LogP contribution in [0.15, 0.2) is 47.3 Å². The van der Waals surface area contributed by atoms with E-state index in [1.807, 2.05) is 24.3 Å². The average molecular weight is 189 g/mol. The minimum atomic E-state index is -0.140. The van der Waals surface area contributed by atoms with Crippen LogP contribution in [0.2, 0.25) is 0 Å². The lowest BCUT2D eigenvalue weighted by atomic mass is 10.1. The highest BCUT2D eigenvalue weighted by Gasteiger charge is 2.14. The van der Waals surface area contributed by atoms with Gasteiger partial charge in [-0.1, -0.05) is 6.07 Å². The first-order valence-electron chi connectivity index (χ1n) is 4.31. The van der Waals surface area contributed by atoms with Crippen LogP contribution >= 0.6 is 0 Å². The summed E-state index contributed by atoms with van der Waals surface area (Å²) in [4.78, 5) is 4.03. The monoisotopic (exact) mass is 189 g/mol. The second-order valence-electron chi connectivity index (χ2n) is 2.90. The normalized spacial score (nSPS) is 12.6. The maximum absolute atomic E-state index is 5.46. The molecule has 72 valence electrons. The molecule has 0 aliphatic heterocycles. The molecule has 1 unspecified atom stereocenters. The molecule has 2 heterocycles. The Morgan fingerprint density at radius 3 is 2.86 bits per heavy atom. The van der Waals surface area contributed by atoms with Gasteiger partial charge in [0, 0.05) is 12.4 Å². The molecule has 0 radical (unpaired) electrons. The zero-order chi connectivity index (χ0) is 9.80. The number of aromatic nitrogens is 1. The Balaban J connectivity index is 2.31. The second-order valence-corrected chi connectivity index (χ2v) is 2.90. The van der Waals surface area contributed by atoms with E-state index in [9.17, 15) is 0 Å². The molecule has 0 saturated carbocycles. The van der Waals surface area contributed by atoms with Crippen molar-refractivity contribution in [3.8, 4) is 0 Å². The van der Waals surface area contributed by atoms with Crippen molar-refractivity contribution in [2.75, 3.05) is 0 Å². The predicted octanol–water partition coefficient (Wildman–Crippen LogP) is 1.23. The molecule has 0 spiro atoms. The number of pyridine rings is 1. The molecular formula is C10H11N3O. The molecule has 3 N–H and O–H groups in total. The van der Waals surface area contributed by atoms with E-state index in [0.717, 1.165) is 11.3 Å². The zero-order valence-corrected chi connectivity index (χ0v) is 7.55. The van der Waals surface area contributed by atoms with Gasteiger partial charge < -0.3 is 4.42 Å². The van der Waals surface area contributed by atoms with Gasteiger partial charge in [-0.2, -0.15) is 0 Å². The molecule has 0 aromatic carbocycles. The highest BCUT2D eigenvalue weighted by atomic mass is 16.3. The van der Waals surface area contributed by atoms with E-state index in [0.29, 0.717) is 0 Å². The Labute approximate surface area is 81.7 Å². The molecule has 0 aliphatic rings. The van der Waals surface area contributed by atoms with Crippen molar-refractivity contribution in [2.45, 2.75) is 6.04 Å². The van der Waals surface area contributed by atoms with Crippen LogP contribution in [-0.4, -0.2) is 4.98 Å². The van der Waals surface area contributed by atoms with Gasteiger partial charge in [0.15, 0.2) is 0 Å². The first kappa shape index (κ1) is 8.93. The molecule has 0 amide bonds. The summed E-state index contributed by atoms with van der Waals surface area (Å²) in [7, 11) is 0. The lowest BCUT2D eigenvalue weighted by Crippen LogP contribution is -2.28. The average Bonchev–Trinajstić information content (AvgIpc) is 2.74. The lowest BCUT2D eigenvalue weighted by molar-refractivity contribution is 0.451. The van der Waals surface area contributed by atoms with Gasteiger partial charge in [0.25, 0.3) is 0 Å². The number of hydrogen-bond donors (Lipinski definition) is 2. The molecule has 0 aliphatic carbocycles. The summed E-state index contributed by atoms with van der Waals surface area (Å²) in [6.45, 7) is 0. The minimum absolute atomic E-state index is 0.140. The summed E-state index contributed by atoms with van der Waals surface area (Å²) >= 11 is 0. The molecule has 2 aromatic heterocycles. The fourth-order valence-corrected chi connectivity index (χ4v) is 1.34. The SMILES string of the molecule is NNC(c1cccnc1)c1ccco1. The Kier molecular flexibility index (Phi) is 2.58. The third kappa shape index (κ3) is 1.66. The van der Waals surface area contributed by atoms with Crippen molar-refractivity contribution < 1.29 is 4.42 Å². The second kappa shape index (κ2) is 4.04. The van der Waals surface area contributed by atoms with Gasteiger partial charge in [-0.15, -0.1) is 0 Å². The third-order valence-corrected chi connectivity index (χ3v) is 2.01. The number of hydrogen-bond acceptors (Lipinski definition) is 4. The van der Waals surface area contributed by atoms with Crippen molar-refractivity contribution >= 4 is 0 Å². The molecule has 0 saturated heterocycles. The number of nitrogens with one attached hydrogen (secondary N) is 1. The van der Waals surface area contributed by atoms with Crippen LogP contribution in [0.1, 0.15) is 17.4 Å². The number of rotatable bonds is 3. The van der Waals surface area contributed by atoms with Crippen LogP contribution in [0.4, 0.5) is 0 Å². The largest absolute Gasteiger partial charge is 0.467 e. The third-order valence-electron chi connectivity index (χ3n) is 2.01. The van der Waals surface area contributed by atoms with Crippen molar-refractivity contribution in [3.05, 3.63) is 54.2 Å². The van der Waals surface area contributed by atoms with Crippen molar-refractivity contribution in [3.63, 3.8) is 0 Å². The summed E-state index contributed by atoms with van der Waals surface area (Å²) in [5, 5.41) is 0. The highest BCUT2D eigenvalue weighted by Crippen LogP contribution is 2.20. The first-order chi connectivity index (χ1) is 6.92. The van der Waals surface area contributed by atoms with E-state index >= 15 is 0 Å². The number of nitrogens with two attached hydrogens (primary N) is 1. The lowest BCUT2D eigenvalue weighted by Gasteiger charge is -2.12. The molecular weight excluding hydrogens is 178 g/mol. The van der Waals surface area contributed by atoms with Crippen LogP contribution in [0.25, 0.3) is 0 Å². The van der Waals surface area contributed by atoms with Gasteiger partial charge in [-0.25, -0.2) is 5.43 Å². The van der Waals surface area contributed by atoms with Crippen LogP contribution < -0.4 is 11.3 Å². The summed E-state index contributed by atoms with van der Waals surface area (Å²) in [5.41, 5.74) is 3.66. The highest BCUT2D eigenvalue weighted by molar-refractivity contribution is 5.23. The van der Waals surface area contributed by atoms with E-state index in [-0.39, 0.29) is 6.04 Å². The van der Waals surface area contributed by atoms with Gasteiger partial charge in [-0.3, -0.25) is 10.8 Å². The molecule has 1 atom stereocenters. The molecule has 2 rings (SSSR count). The molecule has 14 heavy (non-hydrogen) atoms. The van der Waals surface area contributed by atoms with Crippen molar-refractivity contribution in [1.82, 2.24) is 10.4 Å². The maximum atomic E-state index is 5.46. The molecule has 4 heteroatoms. The molecule has 0 fully saturated rings. The standard InChI is InChI=1S/C10H11N3O/c11-13-10(9-4-2-6-14-9)8-3-1-5-12-7-8/h1-7,10,13H,11H2. The van der Waals surface area contributed by atoms with Crippen LogP contribution in [0.3, 0.4) is 0 Å². The van der Waals surface area contributed by atoms with Crippen LogP contribution in [-0.2, 0) is 0 Å².